The van der Waals surface area contributed by atoms with E-state index in [2.05, 4.69) is 27.3 Å². The highest BCUT2D eigenvalue weighted by molar-refractivity contribution is 9.10. The van der Waals surface area contributed by atoms with Gasteiger partial charge in [-0.15, -0.1) is 0 Å². The molecule has 2 aromatic carbocycles. The summed E-state index contributed by atoms with van der Waals surface area (Å²) in [5.74, 6) is 0. The van der Waals surface area contributed by atoms with Gasteiger partial charge in [0.25, 0.3) is 0 Å². The molecule has 0 heterocycles. The summed E-state index contributed by atoms with van der Waals surface area (Å²) >= 11 is 14.6. The molecule has 2 rings (SSSR count). The molecule has 0 aromatic heterocycles. The van der Waals surface area contributed by atoms with E-state index in [1.54, 1.807) is 0 Å². The highest BCUT2D eigenvalue weighted by atomic mass is 79.9. The van der Waals surface area contributed by atoms with Gasteiger partial charge in [-0.3, -0.25) is 0 Å². The summed E-state index contributed by atoms with van der Waals surface area (Å²) in [5, 5.41) is 3.85. The van der Waals surface area contributed by atoms with E-state index in [4.69, 9.17) is 29.6 Å². The Morgan fingerprint density at radius 1 is 1.26 bits per heavy atom. The second-order valence-electron chi connectivity index (χ2n) is 4.17. The Kier molecular flexibility index (Phi) is 4.45. The smallest absolute Gasteiger partial charge is 0.105 e. The van der Waals surface area contributed by atoms with Crippen molar-refractivity contribution in [3.05, 3.63) is 57.0 Å². The molecule has 2 nitrogen and oxygen atoms in total. The Labute approximate surface area is 131 Å². The molecular weight excluding hydrogens is 344 g/mol. The maximum absolute atomic E-state index is 6.14. The van der Waals surface area contributed by atoms with Crippen LogP contribution in [0.3, 0.4) is 0 Å². The summed E-state index contributed by atoms with van der Waals surface area (Å²) in [7, 11) is 0. The van der Waals surface area contributed by atoms with Crippen LogP contribution in [0.5, 0.6) is 0 Å². The molecule has 0 saturated heterocycles. The van der Waals surface area contributed by atoms with Crippen molar-refractivity contribution in [3.8, 4) is 0 Å². The molecule has 0 unspecified atom stereocenters. The van der Waals surface area contributed by atoms with Crippen molar-refractivity contribution in [2.45, 2.75) is 6.92 Å². The van der Waals surface area contributed by atoms with Crippen molar-refractivity contribution in [3.63, 3.8) is 0 Å². The quantitative estimate of drug-likeness (QED) is 0.778. The molecule has 0 aliphatic heterocycles. The molecule has 2 aromatic rings. The van der Waals surface area contributed by atoms with Crippen molar-refractivity contribution in [2.24, 2.45) is 5.73 Å². The first-order valence-electron chi connectivity index (χ1n) is 5.60. The largest absolute Gasteiger partial charge is 0.389 e. The lowest BCUT2D eigenvalue weighted by Gasteiger charge is -2.11. The van der Waals surface area contributed by atoms with Crippen LogP contribution in [0.25, 0.3) is 0 Å². The molecule has 0 fully saturated rings. The van der Waals surface area contributed by atoms with Gasteiger partial charge >= 0.3 is 0 Å². The maximum Gasteiger partial charge on any atom is 0.105 e. The van der Waals surface area contributed by atoms with Gasteiger partial charge in [-0.1, -0.05) is 29.9 Å². The summed E-state index contributed by atoms with van der Waals surface area (Å²) in [6, 6.07) is 11.6. The Bertz CT molecular complexity index is 643. The molecular formula is C14H12BrClN2S. The van der Waals surface area contributed by atoms with Crippen LogP contribution < -0.4 is 11.1 Å². The zero-order valence-corrected chi connectivity index (χ0v) is 13.4. The minimum absolute atomic E-state index is 0.299. The Morgan fingerprint density at radius 3 is 2.63 bits per heavy atom. The molecule has 5 heteroatoms. The molecule has 0 bridgehead atoms. The van der Waals surface area contributed by atoms with Gasteiger partial charge in [0.2, 0.25) is 0 Å². The molecule has 0 aliphatic rings. The van der Waals surface area contributed by atoms with Crippen LogP contribution in [-0.2, 0) is 0 Å². The van der Waals surface area contributed by atoms with Gasteiger partial charge in [-0.25, -0.2) is 0 Å². The van der Waals surface area contributed by atoms with Gasteiger partial charge in [-0.05, 0) is 58.7 Å². The third-order valence-electron chi connectivity index (χ3n) is 2.64. The maximum atomic E-state index is 6.14. The summed E-state index contributed by atoms with van der Waals surface area (Å²) in [5.41, 5.74) is 9.31. The third kappa shape index (κ3) is 3.47. The van der Waals surface area contributed by atoms with Crippen molar-refractivity contribution in [1.82, 2.24) is 0 Å². The lowest BCUT2D eigenvalue weighted by molar-refractivity contribution is 1.43. The number of hydrogen-bond donors (Lipinski definition) is 2. The number of rotatable bonds is 3. The van der Waals surface area contributed by atoms with Crippen LogP contribution in [0.2, 0.25) is 5.02 Å². The summed E-state index contributed by atoms with van der Waals surface area (Å²) < 4.78 is 0.993. The van der Waals surface area contributed by atoms with E-state index in [0.717, 1.165) is 15.8 Å². The fourth-order valence-electron chi connectivity index (χ4n) is 1.68. The van der Waals surface area contributed by atoms with E-state index in [0.29, 0.717) is 15.6 Å². The van der Waals surface area contributed by atoms with Crippen molar-refractivity contribution in [2.75, 3.05) is 5.32 Å². The molecule has 0 saturated carbocycles. The van der Waals surface area contributed by atoms with Crippen LogP contribution in [0.15, 0.2) is 40.9 Å². The SMILES string of the molecule is Cc1ccc(Br)c(Nc2ccc(C(N)=S)c(Cl)c2)c1. The van der Waals surface area contributed by atoms with E-state index in [1.165, 1.54) is 5.56 Å². The molecule has 0 atom stereocenters. The zero-order valence-electron chi connectivity index (χ0n) is 10.2. The molecule has 3 N–H and O–H groups in total. The van der Waals surface area contributed by atoms with Gasteiger partial charge in [0.05, 0.1) is 10.7 Å². The van der Waals surface area contributed by atoms with Gasteiger partial charge in [0.15, 0.2) is 0 Å². The number of hydrogen-bond acceptors (Lipinski definition) is 2. The molecule has 98 valence electrons. The number of nitrogens with one attached hydrogen (secondary N) is 1. The fraction of sp³-hybridized carbons (Fsp3) is 0.0714. The monoisotopic (exact) mass is 354 g/mol. The van der Waals surface area contributed by atoms with Crippen LogP contribution in [0, 0.1) is 6.92 Å². The lowest BCUT2D eigenvalue weighted by Crippen LogP contribution is -2.09. The van der Waals surface area contributed by atoms with Crippen LogP contribution >= 0.6 is 39.7 Å². The van der Waals surface area contributed by atoms with Crippen molar-refractivity contribution < 1.29 is 0 Å². The number of nitrogens with two attached hydrogens (primary N) is 1. The number of halogens is 2. The zero-order chi connectivity index (χ0) is 14.0. The second-order valence-corrected chi connectivity index (χ2v) is 5.87. The molecule has 0 amide bonds. The minimum Gasteiger partial charge on any atom is -0.389 e. The summed E-state index contributed by atoms with van der Waals surface area (Å²) in [4.78, 5) is 0.299. The van der Waals surface area contributed by atoms with Gasteiger partial charge in [0.1, 0.15) is 4.99 Å². The first-order chi connectivity index (χ1) is 8.97. The number of benzene rings is 2. The fourth-order valence-corrected chi connectivity index (χ4v) is 2.55. The standard InChI is InChI=1S/C14H12BrClN2S/c1-8-2-5-11(15)13(6-8)18-9-3-4-10(14(17)19)12(16)7-9/h2-7,18H,1H3,(H2,17,19). The molecule has 19 heavy (non-hydrogen) atoms. The third-order valence-corrected chi connectivity index (χ3v) is 3.86. The predicted octanol–water partition coefficient (Wildman–Crippen LogP) is 4.79. The van der Waals surface area contributed by atoms with Crippen molar-refractivity contribution in [1.29, 1.82) is 0 Å². The molecule has 0 radical (unpaired) electrons. The topological polar surface area (TPSA) is 38.0 Å². The van der Waals surface area contributed by atoms with E-state index >= 15 is 0 Å². The second kappa shape index (κ2) is 5.90. The van der Waals surface area contributed by atoms with Gasteiger partial charge in [-0.2, -0.15) is 0 Å². The number of anilines is 2. The summed E-state index contributed by atoms with van der Waals surface area (Å²) in [6.45, 7) is 2.04. The van der Waals surface area contributed by atoms with E-state index in [9.17, 15) is 0 Å². The van der Waals surface area contributed by atoms with Crippen LogP contribution in [0.1, 0.15) is 11.1 Å². The van der Waals surface area contributed by atoms with Crippen molar-refractivity contribution >= 4 is 56.1 Å². The number of thiocarbonyl (C=S) groups is 1. The normalized spacial score (nSPS) is 10.3. The Balaban J connectivity index is 2.31. The minimum atomic E-state index is 0.299. The van der Waals surface area contributed by atoms with E-state index < -0.39 is 0 Å². The average molecular weight is 356 g/mol. The predicted molar refractivity (Wildman–Crippen MR) is 89.5 cm³/mol. The number of aryl methyl sites for hydroxylation is 1. The van der Waals surface area contributed by atoms with Crippen LogP contribution in [-0.4, -0.2) is 4.99 Å². The highest BCUT2D eigenvalue weighted by Gasteiger charge is 2.06. The lowest BCUT2D eigenvalue weighted by atomic mass is 10.2. The first-order valence-corrected chi connectivity index (χ1v) is 7.18. The summed E-state index contributed by atoms with van der Waals surface area (Å²) in [6.07, 6.45) is 0. The van der Waals surface area contributed by atoms with Crippen LogP contribution in [0.4, 0.5) is 11.4 Å². The molecule has 0 aliphatic carbocycles. The van der Waals surface area contributed by atoms with E-state index in [1.807, 2.05) is 37.3 Å². The first kappa shape index (κ1) is 14.3. The van der Waals surface area contributed by atoms with Gasteiger partial charge < -0.3 is 11.1 Å². The average Bonchev–Trinajstić information content (AvgIpc) is 2.33. The highest BCUT2D eigenvalue weighted by Crippen LogP contribution is 2.29. The van der Waals surface area contributed by atoms with E-state index in [-0.39, 0.29) is 0 Å². The molecule has 0 spiro atoms. The van der Waals surface area contributed by atoms with Gasteiger partial charge in [0, 0.05) is 15.7 Å². The Morgan fingerprint density at radius 2 is 2.00 bits per heavy atom. The Hall–Kier alpha value is -1.10.